The molecule has 1 fully saturated rings. The number of esters is 1. The molecule has 0 spiro atoms. The lowest BCUT2D eigenvalue weighted by atomic mass is 10.1. The van der Waals surface area contributed by atoms with E-state index in [0.717, 1.165) is 42.0 Å². The zero-order chi connectivity index (χ0) is 22.8. The lowest BCUT2D eigenvalue weighted by molar-refractivity contribution is 0.0473. The van der Waals surface area contributed by atoms with E-state index in [0.29, 0.717) is 22.6 Å². The Morgan fingerprint density at radius 3 is 2.55 bits per heavy atom. The molecule has 0 N–H and O–H groups in total. The van der Waals surface area contributed by atoms with Crippen LogP contribution < -0.4 is 4.90 Å². The number of nitrogens with zero attached hydrogens (tertiary/aromatic N) is 3. The van der Waals surface area contributed by atoms with E-state index in [1.165, 1.54) is 12.1 Å². The van der Waals surface area contributed by atoms with E-state index >= 15 is 0 Å². The minimum Gasteiger partial charge on any atom is -0.457 e. The third-order valence-electron chi connectivity index (χ3n) is 6.04. The number of hydrogen-bond donors (Lipinski definition) is 0. The molecule has 1 aromatic heterocycles. The molecule has 1 aliphatic heterocycles. The van der Waals surface area contributed by atoms with Gasteiger partial charge in [0.2, 0.25) is 0 Å². The lowest BCUT2D eigenvalue weighted by Crippen LogP contribution is -2.28. The summed E-state index contributed by atoms with van der Waals surface area (Å²) in [4.78, 5) is 24.7. The molecular formula is C27H24FN3O2. The maximum atomic E-state index is 13.5. The average molecular weight is 442 g/mol. The molecule has 0 unspecified atom stereocenters. The van der Waals surface area contributed by atoms with Crippen LogP contribution in [0.5, 0.6) is 0 Å². The highest BCUT2D eigenvalue weighted by molar-refractivity contribution is 5.94. The molecule has 33 heavy (non-hydrogen) atoms. The van der Waals surface area contributed by atoms with Crippen LogP contribution in [0.4, 0.5) is 10.2 Å². The number of rotatable bonds is 5. The van der Waals surface area contributed by atoms with Crippen LogP contribution in [-0.2, 0) is 11.3 Å². The van der Waals surface area contributed by atoms with E-state index < -0.39 is 5.97 Å². The second kappa shape index (κ2) is 8.98. The van der Waals surface area contributed by atoms with Crippen molar-refractivity contribution in [1.29, 1.82) is 0 Å². The number of anilines is 1. The number of aromatic nitrogens is 2. The van der Waals surface area contributed by atoms with Crippen LogP contribution in [0.2, 0.25) is 0 Å². The van der Waals surface area contributed by atoms with Crippen molar-refractivity contribution in [2.75, 3.05) is 11.4 Å². The third-order valence-corrected chi connectivity index (χ3v) is 6.04. The molecule has 0 bridgehead atoms. The predicted octanol–water partition coefficient (Wildman–Crippen LogP) is 5.78. The van der Waals surface area contributed by atoms with Crippen LogP contribution in [-0.4, -0.2) is 28.5 Å². The zero-order valence-corrected chi connectivity index (χ0v) is 18.4. The van der Waals surface area contributed by atoms with Gasteiger partial charge in [-0.2, -0.15) is 0 Å². The second-order valence-corrected chi connectivity index (χ2v) is 8.35. The number of halogens is 1. The van der Waals surface area contributed by atoms with Gasteiger partial charge in [-0.05, 0) is 67.8 Å². The van der Waals surface area contributed by atoms with Gasteiger partial charge in [-0.25, -0.2) is 19.2 Å². The number of fused-ring (bicyclic) bond motifs is 1. The summed E-state index contributed by atoms with van der Waals surface area (Å²) in [6.07, 6.45) is 2.16. The molecule has 6 heteroatoms. The number of carbonyl (C=O) groups excluding carboxylic acids is 1. The van der Waals surface area contributed by atoms with Crippen LogP contribution in [0, 0.1) is 5.82 Å². The van der Waals surface area contributed by atoms with Crippen LogP contribution in [0.15, 0.2) is 72.8 Å². The first kappa shape index (κ1) is 21.1. The fourth-order valence-electron chi connectivity index (χ4n) is 4.23. The monoisotopic (exact) mass is 441 g/mol. The van der Waals surface area contributed by atoms with Gasteiger partial charge in [0, 0.05) is 18.2 Å². The summed E-state index contributed by atoms with van der Waals surface area (Å²) >= 11 is 0. The molecule has 5 rings (SSSR count). The highest BCUT2D eigenvalue weighted by atomic mass is 19.1. The van der Waals surface area contributed by atoms with Crippen molar-refractivity contribution in [2.24, 2.45) is 0 Å². The molecule has 0 radical (unpaired) electrons. The van der Waals surface area contributed by atoms with E-state index in [1.807, 2.05) is 30.3 Å². The summed E-state index contributed by atoms with van der Waals surface area (Å²) in [6, 6.07) is 21.4. The quantitative estimate of drug-likeness (QED) is 0.368. The number of benzene rings is 3. The molecule has 5 nitrogen and oxygen atoms in total. The SMILES string of the molecule is C[C@H]1CCCN1c1nc2cc(C(=O)OCc3ccccc3)ccc2nc1-c1ccc(F)cc1. The number of carbonyl (C=O) groups is 1. The third kappa shape index (κ3) is 4.42. The summed E-state index contributed by atoms with van der Waals surface area (Å²) in [7, 11) is 0. The maximum absolute atomic E-state index is 13.5. The largest absolute Gasteiger partial charge is 0.457 e. The van der Waals surface area contributed by atoms with Crippen molar-refractivity contribution >= 4 is 22.8 Å². The molecule has 0 amide bonds. The second-order valence-electron chi connectivity index (χ2n) is 8.35. The van der Waals surface area contributed by atoms with Crippen molar-refractivity contribution in [3.05, 3.63) is 89.7 Å². The zero-order valence-electron chi connectivity index (χ0n) is 18.4. The Labute approximate surface area is 191 Å². The van der Waals surface area contributed by atoms with Gasteiger partial charge in [-0.3, -0.25) is 0 Å². The topological polar surface area (TPSA) is 55.3 Å². The van der Waals surface area contributed by atoms with Gasteiger partial charge < -0.3 is 9.64 Å². The first-order valence-electron chi connectivity index (χ1n) is 11.1. The molecule has 1 aliphatic rings. The normalized spacial score (nSPS) is 15.7. The van der Waals surface area contributed by atoms with E-state index in [4.69, 9.17) is 14.7 Å². The number of hydrogen-bond acceptors (Lipinski definition) is 5. The molecule has 4 aromatic rings. The van der Waals surface area contributed by atoms with Crippen molar-refractivity contribution < 1.29 is 13.9 Å². The van der Waals surface area contributed by atoms with E-state index in [9.17, 15) is 9.18 Å². The predicted molar refractivity (Wildman–Crippen MR) is 127 cm³/mol. The van der Waals surface area contributed by atoms with Crippen molar-refractivity contribution in [3.8, 4) is 11.3 Å². The van der Waals surface area contributed by atoms with Gasteiger partial charge in [-0.15, -0.1) is 0 Å². The Morgan fingerprint density at radius 1 is 1.03 bits per heavy atom. The highest BCUT2D eigenvalue weighted by Crippen LogP contribution is 2.34. The summed E-state index contributed by atoms with van der Waals surface area (Å²) < 4.78 is 19.0. The van der Waals surface area contributed by atoms with Crippen LogP contribution in [0.1, 0.15) is 35.7 Å². The van der Waals surface area contributed by atoms with Crippen molar-refractivity contribution in [3.63, 3.8) is 0 Å². The molecule has 0 saturated carbocycles. The standard InChI is InChI=1S/C27H24FN3O2/c1-18-6-5-15-31(18)26-25(20-9-12-22(28)13-10-20)29-23-14-11-21(16-24(23)30-26)27(32)33-17-19-7-3-2-4-8-19/h2-4,7-14,16,18H,5-6,15,17H2,1H3/t18-/m0/s1. The fraction of sp³-hybridized carbons (Fsp3) is 0.222. The number of ether oxygens (including phenoxy) is 1. The summed E-state index contributed by atoms with van der Waals surface area (Å²) in [5.74, 6) is 0.0670. The van der Waals surface area contributed by atoms with Crippen molar-refractivity contribution in [2.45, 2.75) is 32.4 Å². The summed E-state index contributed by atoms with van der Waals surface area (Å²) in [5.41, 5.74) is 4.19. The Kier molecular flexibility index (Phi) is 5.73. The first-order valence-corrected chi connectivity index (χ1v) is 11.1. The Bertz CT molecular complexity index is 1290. The van der Waals surface area contributed by atoms with Gasteiger partial charge in [0.25, 0.3) is 0 Å². The first-order chi connectivity index (χ1) is 16.1. The van der Waals surface area contributed by atoms with Crippen LogP contribution in [0.3, 0.4) is 0 Å². The minimum atomic E-state index is -0.402. The Balaban J connectivity index is 1.51. The van der Waals surface area contributed by atoms with E-state index in [-0.39, 0.29) is 12.4 Å². The van der Waals surface area contributed by atoms with Gasteiger partial charge >= 0.3 is 5.97 Å². The molecule has 166 valence electrons. The van der Waals surface area contributed by atoms with Gasteiger partial charge in [-0.1, -0.05) is 30.3 Å². The van der Waals surface area contributed by atoms with Crippen molar-refractivity contribution in [1.82, 2.24) is 9.97 Å². The van der Waals surface area contributed by atoms with Crippen LogP contribution >= 0.6 is 0 Å². The molecule has 1 saturated heterocycles. The molecule has 1 atom stereocenters. The molecule has 0 aliphatic carbocycles. The van der Waals surface area contributed by atoms with E-state index in [1.54, 1.807) is 30.3 Å². The highest BCUT2D eigenvalue weighted by Gasteiger charge is 2.26. The van der Waals surface area contributed by atoms with Gasteiger partial charge in [0.05, 0.1) is 16.6 Å². The fourth-order valence-corrected chi connectivity index (χ4v) is 4.23. The average Bonchev–Trinajstić information content (AvgIpc) is 3.28. The maximum Gasteiger partial charge on any atom is 0.338 e. The summed E-state index contributed by atoms with van der Waals surface area (Å²) in [6.45, 7) is 3.27. The Hall–Kier alpha value is -3.80. The molecular weight excluding hydrogens is 417 g/mol. The Morgan fingerprint density at radius 2 is 1.82 bits per heavy atom. The van der Waals surface area contributed by atoms with Crippen LogP contribution in [0.25, 0.3) is 22.3 Å². The lowest BCUT2D eigenvalue weighted by Gasteiger charge is -2.25. The minimum absolute atomic E-state index is 0.212. The van der Waals surface area contributed by atoms with Gasteiger partial charge in [0.15, 0.2) is 5.82 Å². The smallest absolute Gasteiger partial charge is 0.338 e. The molecule has 2 heterocycles. The summed E-state index contributed by atoms with van der Waals surface area (Å²) in [5, 5.41) is 0. The van der Waals surface area contributed by atoms with E-state index in [2.05, 4.69) is 11.8 Å². The van der Waals surface area contributed by atoms with Gasteiger partial charge in [0.1, 0.15) is 18.1 Å². The molecule has 3 aromatic carbocycles.